The highest BCUT2D eigenvalue weighted by molar-refractivity contribution is 7.89. The number of sulfonamides is 1. The number of pyridine rings is 1. The fourth-order valence-electron chi connectivity index (χ4n) is 3.01. The zero-order chi connectivity index (χ0) is 19.8. The first-order valence-electron chi connectivity index (χ1n) is 8.48. The maximum Gasteiger partial charge on any atom is 0.254 e. The summed E-state index contributed by atoms with van der Waals surface area (Å²) in [5, 5.41) is 0. The zero-order valence-electron chi connectivity index (χ0n) is 15.0. The molecular weight excluding hydrogens is 378 g/mol. The highest BCUT2D eigenvalue weighted by Gasteiger charge is 2.32. The van der Waals surface area contributed by atoms with Gasteiger partial charge < -0.3 is 9.30 Å². The minimum absolute atomic E-state index is 0.146. The minimum Gasteiger partial charge on any atom is -0.490 e. The second-order valence-electron chi connectivity index (χ2n) is 6.53. The summed E-state index contributed by atoms with van der Waals surface area (Å²) in [5.74, 6) is -1.49. The molecule has 0 radical (unpaired) electrons. The van der Waals surface area contributed by atoms with Crippen molar-refractivity contribution in [2.45, 2.75) is 30.8 Å². The lowest BCUT2D eigenvalue weighted by atomic mass is 10.1. The van der Waals surface area contributed by atoms with E-state index in [1.807, 2.05) is 0 Å². The monoisotopic (exact) mass is 398 g/mol. The van der Waals surface area contributed by atoms with Gasteiger partial charge in [0.15, 0.2) is 0 Å². The molecule has 0 aliphatic carbocycles. The van der Waals surface area contributed by atoms with Crippen LogP contribution in [-0.4, -0.2) is 36.5 Å². The first-order chi connectivity index (χ1) is 12.7. The quantitative estimate of drug-likeness (QED) is 0.792. The maximum absolute atomic E-state index is 13.9. The van der Waals surface area contributed by atoms with Gasteiger partial charge in [0.1, 0.15) is 28.4 Å². The molecule has 9 heteroatoms. The molecule has 1 aliphatic heterocycles. The molecule has 27 heavy (non-hydrogen) atoms. The van der Waals surface area contributed by atoms with E-state index < -0.39 is 26.6 Å². The number of rotatable bonds is 4. The molecule has 1 saturated heterocycles. The third kappa shape index (κ3) is 4.03. The van der Waals surface area contributed by atoms with Gasteiger partial charge in [-0.25, -0.2) is 17.2 Å². The molecule has 0 N–H and O–H groups in total. The zero-order valence-corrected chi connectivity index (χ0v) is 15.8. The third-order valence-electron chi connectivity index (χ3n) is 4.69. The number of nitrogens with zero attached hydrogens (tertiary/aromatic N) is 2. The molecule has 2 aromatic rings. The fraction of sp³-hybridized carbons (Fsp3) is 0.389. The smallest absolute Gasteiger partial charge is 0.254 e. The lowest BCUT2D eigenvalue weighted by Crippen LogP contribution is -2.42. The first-order valence-corrected chi connectivity index (χ1v) is 9.92. The molecule has 1 aliphatic rings. The normalized spacial score (nSPS) is 16.4. The molecule has 0 atom stereocenters. The van der Waals surface area contributed by atoms with Gasteiger partial charge in [-0.2, -0.15) is 4.31 Å². The Morgan fingerprint density at radius 1 is 1.11 bits per heavy atom. The Bertz CT molecular complexity index is 1010. The maximum atomic E-state index is 13.9. The highest BCUT2D eigenvalue weighted by Crippen LogP contribution is 2.25. The fourth-order valence-corrected chi connectivity index (χ4v) is 4.53. The van der Waals surface area contributed by atoms with E-state index in [0.717, 1.165) is 17.8 Å². The van der Waals surface area contributed by atoms with Gasteiger partial charge in [-0.05, 0) is 38.0 Å². The molecule has 0 bridgehead atoms. The summed E-state index contributed by atoms with van der Waals surface area (Å²) in [6.45, 7) is 2.09. The van der Waals surface area contributed by atoms with E-state index >= 15 is 0 Å². The van der Waals surface area contributed by atoms with Crippen LogP contribution >= 0.6 is 0 Å². The van der Waals surface area contributed by atoms with E-state index in [0.29, 0.717) is 24.7 Å². The van der Waals surface area contributed by atoms with E-state index in [4.69, 9.17) is 4.74 Å². The van der Waals surface area contributed by atoms with E-state index in [1.54, 1.807) is 20.0 Å². The number of benzene rings is 1. The Morgan fingerprint density at radius 2 is 1.78 bits per heavy atom. The van der Waals surface area contributed by atoms with Crippen LogP contribution in [0.25, 0.3) is 0 Å². The van der Waals surface area contributed by atoms with E-state index in [-0.39, 0.29) is 24.8 Å². The lowest BCUT2D eigenvalue weighted by Gasteiger charge is -2.31. The molecule has 0 spiro atoms. The number of piperidine rings is 1. The molecule has 6 nitrogen and oxygen atoms in total. The van der Waals surface area contributed by atoms with Gasteiger partial charge in [0.25, 0.3) is 5.56 Å². The van der Waals surface area contributed by atoms with Crippen LogP contribution in [0.1, 0.15) is 18.5 Å². The van der Waals surface area contributed by atoms with Crippen molar-refractivity contribution < 1.29 is 21.9 Å². The molecule has 2 heterocycles. The van der Waals surface area contributed by atoms with Crippen molar-refractivity contribution in [2.75, 3.05) is 13.1 Å². The summed E-state index contributed by atoms with van der Waals surface area (Å²) in [4.78, 5) is 11.3. The van der Waals surface area contributed by atoms with Crippen molar-refractivity contribution in [1.82, 2.24) is 8.87 Å². The van der Waals surface area contributed by atoms with Crippen LogP contribution in [0.15, 0.2) is 40.0 Å². The van der Waals surface area contributed by atoms with Crippen LogP contribution < -0.4 is 10.3 Å². The SMILES string of the molecule is Cc1cc(OC2CCN(S(=O)(=O)c3ccc(F)cc3F)CC2)cc(=O)n1C. The van der Waals surface area contributed by atoms with Crippen molar-refractivity contribution >= 4 is 10.0 Å². The van der Waals surface area contributed by atoms with Crippen molar-refractivity contribution in [3.63, 3.8) is 0 Å². The Labute approximate surface area is 156 Å². The van der Waals surface area contributed by atoms with Crippen molar-refractivity contribution in [3.8, 4) is 5.75 Å². The molecular formula is C18H20F2N2O4S. The van der Waals surface area contributed by atoms with Crippen LogP contribution in [0, 0.1) is 18.6 Å². The molecule has 1 aromatic carbocycles. The van der Waals surface area contributed by atoms with Gasteiger partial charge in [-0.1, -0.05) is 0 Å². The third-order valence-corrected chi connectivity index (χ3v) is 6.62. The van der Waals surface area contributed by atoms with Gasteiger partial charge in [-0.3, -0.25) is 4.79 Å². The largest absolute Gasteiger partial charge is 0.490 e. The summed E-state index contributed by atoms with van der Waals surface area (Å²) in [5.41, 5.74) is 0.570. The molecule has 0 unspecified atom stereocenters. The average Bonchev–Trinajstić information content (AvgIpc) is 2.59. The van der Waals surface area contributed by atoms with Crippen molar-refractivity contribution in [2.24, 2.45) is 7.05 Å². The number of aromatic nitrogens is 1. The Hall–Kier alpha value is -2.26. The summed E-state index contributed by atoms with van der Waals surface area (Å²) < 4.78 is 60.6. The Balaban J connectivity index is 1.69. The van der Waals surface area contributed by atoms with Gasteiger partial charge in [0.2, 0.25) is 10.0 Å². The summed E-state index contributed by atoms with van der Waals surface area (Å²) in [6.07, 6.45) is 0.549. The van der Waals surface area contributed by atoms with Crippen LogP contribution in [0.3, 0.4) is 0 Å². The van der Waals surface area contributed by atoms with E-state index in [2.05, 4.69) is 0 Å². The van der Waals surface area contributed by atoms with Crippen LogP contribution in [0.4, 0.5) is 8.78 Å². The molecule has 146 valence electrons. The summed E-state index contributed by atoms with van der Waals surface area (Å²) >= 11 is 0. The van der Waals surface area contributed by atoms with Gasteiger partial charge in [0, 0.05) is 38.0 Å². The molecule has 0 amide bonds. The van der Waals surface area contributed by atoms with Crippen LogP contribution in [0.2, 0.25) is 0 Å². The topological polar surface area (TPSA) is 68.6 Å². The number of aryl methyl sites for hydroxylation is 1. The lowest BCUT2D eigenvalue weighted by molar-refractivity contribution is 0.134. The number of ether oxygens (including phenoxy) is 1. The Morgan fingerprint density at radius 3 is 2.37 bits per heavy atom. The minimum atomic E-state index is -4.04. The van der Waals surface area contributed by atoms with Crippen molar-refractivity contribution in [1.29, 1.82) is 0 Å². The predicted octanol–water partition coefficient (Wildman–Crippen LogP) is 2.20. The average molecular weight is 398 g/mol. The van der Waals surface area contributed by atoms with Crippen LogP contribution in [-0.2, 0) is 17.1 Å². The molecule has 1 aromatic heterocycles. The van der Waals surface area contributed by atoms with E-state index in [1.165, 1.54) is 14.9 Å². The molecule has 1 fully saturated rings. The van der Waals surface area contributed by atoms with Crippen molar-refractivity contribution in [3.05, 3.63) is 58.0 Å². The second kappa shape index (κ2) is 7.40. The molecule has 3 rings (SSSR count). The number of hydrogen-bond acceptors (Lipinski definition) is 4. The summed E-state index contributed by atoms with van der Waals surface area (Å²) in [7, 11) is -2.38. The van der Waals surface area contributed by atoms with Crippen LogP contribution in [0.5, 0.6) is 5.75 Å². The Kier molecular flexibility index (Phi) is 5.34. The van der Waals surface area contributed by atoms with Gasteiger partial charge in [0.05, 0.1) is 0 Å². The summed E-state index contributed by atoms with van der Waals surface area (Å²) in [6, 6.07) is 5.55. The standard InChI is InChI=1S/C18H20F2N2O4S/c1-12-9-15(11-18(23)21(12)2)26-14-5-7-22(8-6-14)27(24,25)17-4-3-13(19)10-16(17)20/h3-4,9-11,14H,5-8H2,1-2H3. The number of halogens is 2. The van der Waals surface area contributed by atoms with Gasteiger partial charge in [-0.15, -0.1) is 0 Å². The van der Waals surface area contributed by atoms with E-state index in [9.17, 15) is 22.0 Å². The highest BCUT2D eigenvalue weighted by atomic mass is 32.2. The first kappa shape index (κ1) is 19.5. The van der Waals surface area contributed by atoms with Gasteiger partial charge >= 0.3 is 0 Å². The second-order valence-corrected chi connectivity index (χ2v) is 8.43. The molecule has 0 saturated carbocycles. The number of hydrogen-bond donors (Lipinski definition) is 0. The predicted molar refractivity (Wildman–Crippen MR) is 95.2 cm³/mol.